The van der Waals surface area contributed by atoms with Crippen LogP contribution in [-0.4, -0.2) is 82.1 Å². The van der Waals surface area contributed by atoms with Crippen LogP contribution in [0.4, 0.5) is 8.78 Å². The molecule has 36 heavy (non-hydrogen) atoms. The van der Waals surface area contributed by atoms with E-state index in [0.29, 0.717) is 10.9 Å². The van der Waals surface area contributed by atoms with Gasteiger partial charge in [0.25, 0.3) is 17.7 Å². The fourth-order valence-corrected chi connectivity index (χ4v) is 3.78. The Morgan fingerprint density at radius 2 is 2.08 bits per heavy atom. The molecule has 1 fully saturated rings. The number of alkyl halides is 2. The standard InChI is InChI=1S/C22H21F2N5O6S/c23-22(24)6-12(7-25)29(11-22)19(31)8-27-20(32)14-3-4-26-16-2-1-13(5-15(14)16)35-9-18(30)28-17(10-36)21(33)34/h1-5,12,17,36H,6,8-11H2,(H,27,32)(H,28,30)(H,33,34)/t12-,17?/m0/s1. The number of carbonyl (C=O) groups is 4. The third kappa shape index (κ3) is 6.36. The van der Waals surface area contributed by atoms with Gasteiger partial charge in [0, 0.05) is 23.8 Å². The van der Waals surface area contributed by atoms with Gasteiger partial charge in [0.05, 0.1) is 30.2 Å². The van der Waals surface area contributed by atoms with E-state index in [0.717, 1.165) is 4.90 Å². The maximum Gasteiger partial charge on any atom is 0.327 e. The zero-order chi connectivity index (χ0) is 26.5. The summed E-state index contributed by atoms with van der Waals surface area (Å²) >= 11 is 3.86. The van der Waals surface area contributed by atoms with E-state index in [1.807, 2.05) is 0 Å². The van der Waals surface area contributed by atoms with Crippen molar-refractivity contribution >= 4 is 47.2 Å². The van der Waals surface area contributed by atoms with Crippen molar-refractivity contribution in [3.8, 4) is 11.8 Å². The lowest BCUT2D eigenvalue weighted by molar-refractivity contribution is -0.141. The third-order valence-corrected chi connectivity index (χ3v) is 5.65. The average Bonchev–Trinajstić information content (AvgIpc) is 3.18. The Morgan fingerprint density at radius 1 is 1.33 bits per heavy atom. The number of halogens is 2. The van der Waals surface area contributed by atoms with Crippen LogP contribution in [0.1, 0.15) is 16.8 Å². The van der Waals surface area contributed by atoms with E-state index in [4.69, 9.17) is 15.1 Å². The van der Waals surface area contributed by atoms with E-state index < -0.39 is 67.8 Å². The van der Waals surface area contributed by atoms with Crippen molar-refractivity contribution in [2.75, 3.05) is 25.4 Å². The molecule has 3 amide bonds. The number of carboxylic acid groups (broad SMARTS) is 1. The first-order valence-electron chi connectivity index (χ1n) is 10.5. The zero-order valence-electron chi connectivity index (χ0n) is 18.6. The number of carboxylic acids is 1. The van der Waals surface area contributed by atoms with Crippen molar-refractivity contribution in [2.45, 2.75) is 24.4 Å². The molecule has 1 aliphatic heterocycles. The molecule has 0 aliphatic carbocycles. The predicted molar refractivity (Wildman–Crippen MR) is 124 cm³/mol. The second kappa shape index (κ2) is 11.2. The number of hydrogen-bond donors (Lipinski definition) is 4. The number of nitrogens with zero attached hydrogens (tertiary/aromatic N) is 3. The van der Waals surface area contributed by atoms with Gasteiger partial charge in [0.1, 0.15) is 17.8 Å². The van der Waals surface area contributed by atoms with E-state index in [1.54, 1.807) is 6.07 Å². The van der Waals surface area contributed by atoms with E-state index in [2.05, 4.69) is 28.2 Å². The second-order valence-corrected chi connectivity index (χ2v) is 8.24. The number of fused-ring (bicyclic) bond motifs is 1. The fraction of sp³-hybridized carbons (Fsp3) is 0.364. The number of aromatic nitrogens is 1. The molecule has 190 valence electrons. The van der Waals surface area contributed by atoms with Crippen molar-refractivity contribution in [1.29, 1.82) is 5.26 Å². The van der Waals surface area contributed by atoms with Crippen LogP contribution in [0, 0.1) is 11.3 Å². The molecule has 1 aromatic carbocycles. The van der Waals surface area contributed by atoms with Gasteiger partial charge < -0.3 is 25.4 Å². The highest BCUT2D eigenvalue weighted by Gasteiger charge is 2.47. The molecule has 2 heterocycles. The molecule has 11 nitrogen and oxygen atoms in total. The monoisotopic (exact) mass is 521 g/mol. The van der Waals surface area contributed by atoms with Gasteiger partial charge in [-0.05, 0) is 24.3 Å². The highest BCUT2D eigenvalue weighted by molar-refractivity contribution is 7.80. The normalized spacial score (nSPS) is 17.2. The molecule has 1 unspecified atom stereocenters. The van der Waals surface area contributed by atoms with Gasteiger partial charge >= 0.3 is 5.97 Å². The number of likely N-dealkylation sites (tertiary alicyclic amines) is 1. The second-order valence-electron chi connectivity index (χ2n) is 7.88. The number of thiol groups is 1. The minimum atomic E-state index is -3.17. The molecule has 1 aromatic heterocycles. The number of nitriles is 1. The number of ether oxygens (including phenoxy) is 1. The Bertz CT molecular complexity index is 1240. The first kappa shape index (κ1) is 26.6. The molecule has 14 heteroatoms. The lowest BCUT2D eigenvalue weighted by Crippen LogP contribution is -2.44. The maximum atomic E-state index is 13.6. The third-order valence-electron chi connectivity index (χ3n) is 5.28. The summed E-state index contributed by atoms with van der Waals surface area (Å²) in [5.41, 5.74) is 0.503. The molecule has 3 rings (SSSR count). The summed E-state index contributed by atoms with van der Waals surface area (Å²) in [6.45, 7) is -1.99. The Kier molecular flexibility index (Phi) is 8.25. The summed E-state index contributed by atoms with van der Waals surface area (Å²) in [5, 5.41) is 22.9. The van der Waals surface area contributed by atoms with Gasteiger partial charge in [-0.1, -0.05) is 0 Å². The number of carbonyl (C=O) groups excluding carboxylic acids is 3. The summed E-state index contributed by atoms with van der Waals surface area (Å²) in [6.07, 6.45) is 0.605. The highest BCUT2D eigenvalue weighted by atomic mass is 32.1. The average molecular weight is 522 g/mol. The van der Waals surface area contributed by atoms with Crippen molar-refractivity contribution in [2.24, 2.45) is 0 Å². The van der Waals surface area contributed by atoms with E-state index in [1.165, 1.54) is 30.5 Å². The van der Waals surface area contributed by atoms with Gasteiger partial charge in [-0.25, -0.2) is 13.6 Å². The highest BCUT2D eigenvalue weighted by Crippen LogP contribution is 2.31. The lowest BCUT2D eigenvalue weighted by Gasteiger charge is -2.19. The molecule has 1 aliphatic rings. The lowest BCUT2D eigenvalue weighted by atomic mass is 10.1. The molecule has 2 atom stereocenters. The topological polar surface area (TPSA) is 162 Å². The number of rotatable bonds is 9. The van der Waals surface area contributed by atoms with Crippen LogP contribution in [-0.2, 0) is 14.4 Å². The molecule has 2 aromatic rings. The maximum absolute atomic E-state index is 13.6. The number of pyridine rings is 1. The van der Waals surface area contributed by atoms with E-state index in [9.17, 15) is 28.0 Å². The summed E-state index contributed by atoms with van der Waals surface area (Å²) in [6, 6.07) is 5.05. The molecule has 0 spiro atoms. The SMILES string of the molecule is N#C[C@@H]1CC(F)(F)CN1C(=O)CNC(=O)c1ccnc2ccc(OCC(=O)NC(CS)C(=O)O)cc12. The van der Waals surface area contributed by atoms with Crippen molar-refractivity contribution < 1.29 is 37.8 Å². The summed E-state index contributed by atoms with van der Waals surface area (Å²) in [7, 11) is 0. The molecule has 0 saturated carbocycles. The first-order chi connectivity index (χ1) is 17.0. The van der Waals surface area contributed by atoms with Crippen LogP contribution in [0.15, 0.2) is 30.5 Å². The molecule has 1 saturated heterocycles. The van der Waals surface area contributed by atoms with Gasteiger partial charge in [-0.2, -0.15) is 17.9 Å². The molecule has 3 N–H and O–H groups in total. The van der Waals surface area contributed by atoms with Crippen LogP contribution < -0.4 is 15.4 Å². The number of nitrogens with one attached hydrogen (secondary N) is 2. The van der Waals surface area contributed by atoms with Crippen LogP contribution in [0.5, 0.6) is 5.75 Å². The molecule has 0 radical (unpaired) electrons. The van der Waals surface area contributed by atoms with Crippen molar-refractivity contribution in [3.63, 3.8) is 0 Å². The fourth-order valence-electron chi connectivity index (χ4n) is 3.53. The minimum absolute atomic E-state index is 0.104. The quantitative estimate of drug-likeness (QED) is 0.349. The van der Waals surface area contributed by atoms with Crippen molar-refractivity contribution in [3.05, 3.63) is 36.0 Å². The molecular weight excluding hydrogens is 500 g/mol. The van der Waals surface area contributed by atoms with Crippen LogP contribution in [0.2, 0.25) is 0 Å². The first-order valence-corrected chi connectivity index (χ1v) is 11.2. The van der Waals surface area contributed by atoms with Crippen LogP contribution >= 0.6 is 12.6 Å². The smallest absolute Gasteiger partial charge is 0.327 e. The van der Waals surface area contributed by atoms with E-state index in [-0.39, 0.29) is 17.1 Å². The molecular formula is C22H21F2N5O6S. The van der Waals surface area contributed by atoms with Gasteiger partial charge in [-0.15, -0.1) is 0 Å². The summed E-state index contributed by atoms with van der Waals surface area (Å²) in [5.74, 6) is -6.54. The van der Waals surface area contributed by atoms with Gasteiger partial charge in [0.15, 0.2) is 6.61 Å². The summed E-state index contributed by atoms with van der Waals surface area (Å²) < 4.78 is 32.6. The molecule has 0 bridgehead atoms. The minimum Gasteiger partial charge on any atom is -0.484 e. The Hall–Kier alpha value is -3.99. The summed E-state index contributed by atoms with van der Waals surface area (Å²) in [4.78, 5) is 53.0. The van der Waals surface area contributed by atoms with Gasteiger partial charge in [0.2, 0.25) is 5.91 Å². The largest absolute Gasteiger partial charge is 0.484 e. The number of amides is 3. The van der Waals surface area contributed by atoms with E-state index >= 15 is 0 Å². The number of aliphatic carboxylic acids is 1. The Labute approximate surface area is 208 Å². The van der Waals surface area contributed by atoms with Gasteiger partial charge in [-0.3, -0.25) is 19.4 Å². The Morgan fingerprint density at radius 3 is 2.75 bits per heavy atom. The van der Waals surface area contributed by atoms with Crippen LogP contribution in [0.3, 0.4) is 0 Å². The Balaban J connectivity index is 1.67. The van der Waals surface area contributed by atoms with Crippen LogP contribution in [0.25, 0.3) is 10.9 Å². The zero-order valence-corrected chi connectivity index (χ0v) is 19.5. The predicted octanol–water partition coefficient (Wildman–Crippen LogP) is 0.602. The van der Waals surface area contributed by atoms with Crippen molar-refractivity contribution in [1.82, 2.24) is 20.5 Å². The number of benzene rings is 1. The number of hydrogen-bond acceptors (Lipinski definition) is 8.